The van der Waals surface area contributed by atoms with Crippen LogP contribution in [0.4, 0.5) is 5.69 Å². The lowest BCUT2D eigenvalue weighted by molar-refractivity contribution is 0.471. The van der Waals surface area contributed by atoms with Gasteiger partial charge >= 0.3 is 0 Å². The molecule has 0 bridgehead atoms. The topological polar surface area (TPSA) is 45.2 Å². The van der Waals surface area contributed by atoms with E-state index >= 15 is 0 Å². The van der Waals surface area contributed by atoms with Gasteiger partial charge in [0.1, 0.15) is 5.75 Å². The summed E-state index contributed by atoms with van der Waals surface area (Å²) in [5, 5.41) is 16.0. The van der Waals surface area contributed by atoms with Gasteiger partial charge in [-0.3, -0.25) is 4.98 Å². The largest absolute Gasteiger partial charge is 0.508 e. The molecule has 0 fully saturated rings. The van der Waals surface area contributed by atoms with E-state index in [2.05, 4.69) is 37.4 Å². The van der Waals surface area contributed by atoms with Gasteiger partial charge in [-0.05, 0) is 38.8 Å². The Bertz CT molecular complexity index is 900. The first-order valence-electron chi connectivity index (χ1n) is 8.47. The number of aryl methyl sites for hydroxylation is 2. The molecule has 0 radical (unpaired) electrons. The Morgan fingerprint density at radius 3 is 2.42 bits per heavy atom. The van der Waals surface area contributed by atoms with E-state index in [1.54, 1.807) is 6.07 Å². The molecule has 0 spiro atoms. The zero-order chi connectivity index (χ0) is 17.3. The van der Waals surface area contributed by atoms with E-state index in [1.807, 2.05) is 26.0 Å². The molecule has 2 aromatic carbocycles. The Morgan fingerprint density at radius 1 is 1.00 bits per heavy atom. The molecule has 1 heterocycles. The second-order valence-electron chi connectivity index (χ2n) is 6.29. The fraction of sp³-hybridized carbons (Fsp3) is 0.286. The second kappa shape index (κ2) is 6.52. The van der Waals surface area contributed by atoms with Gasteiger partial charge in [0, 0.05) is 28.4 Å². The summed E-state index contributed by atoms with van der Waals surface area (Å²) in [4.78, 5) is 4.91. The summed E-state index contributed by atoms with van der Waals surface area (Å²) in [5.41, 5.74) is 6.05. The van der Waals surface area contributed by atoms with Crippen LogP contribution in [0.15, 0.2) is 36.4 Å². The van der Waals surface area contributed by atoms with Gasteiger partial charge in [-0.1, -0.05) is 37.3 Å². The first-order valence-corrected chi connectivity index (χ1v) is 8.47. The predicted molar refractivity (Wildman–Crippen MR) is 102 cm³/mol. The molecule has 0 atom stereocenters. The molecule has 0 aliphatic rings. The number of anilines is 1. The first-order chi connectivity index (χ1) is 11.5. The van der Waals surface area contributed by atoms with Crippen molar-refractivity contribution in [3.05, 3.63) is 53.2 Å². The van der Waals surface area contributed by atoms with Crippen molar-refractivity contribution in [1.82, 2.24) is 4.98 Å². The molecular formula is C21H24N2O. The highest BCUT2D eigenvalue weighted by Crippen LogP contribution is 2.38. The first kappa shape index (κ1) is 16.3. The lowest BCUT2D eigenvalue weighted by atomic mass is 9.94. The summed E-state index contributed by atoms with van der Waals surface area (Å²) in [7, 11) is 0. The van der Waals surface area contributed by atoms with Gasteiger partial charge in [0.15, 0.2) is 0 Å². The van der Waals surface area contributed by atoms with E-state index in [1.165, 1.54) is 5.39 Å². The maximum absolute atomic E-state index is 10.2. The van der Waals surface area contributed by atoms with Gasteiger partial charge in [-0.25, -0.2) is 0 Å². The van der Waals surface area contributed by atoms with Crippen molar-refractivity contribution in [3.63, 3.8) is 0 Å². The van der Waals surface area contributed by atoms with Crippen molar-refractivity contribution < 1.29 is 5.11 Å². The summed E-state index contributed by atoms with van der Waals surface area (Å²) < 4.78 is 0. The van der Waals surface area contributed by atoms with Crippen LogP contribution in [0, 0.1) is 20.8 Å². The molecule has 24 heavy (non-hydrogen) atoms. The minimum atomic E-state index is 0.312. The van der Waals surface area contributed by atoms with Crippen LogP contribution in [0.3, 0.4) is 0 Å². The van der Waals surface area contributed by atoms with Crippen LogP contribution in [-0.2, 0) is 0 Å². The van der Waals surface area contributed by atoms with Crippen LogP contribution in [-0.4, -0.2) is 16.6 Å². The van der Waals surface area contributed by atoms with Crippen molar-refractivity contribution in [1.29, 1.82) is 0 Å². The Kier molecular flexibility index (Phi) is 4.43. The molecule has 3 rings (SSSR count). The summed E-state index contributed by atoms with van der Waals surface area (Å²) in [5.74, 6) is 0.312. The number of rotatable bonds is 4. The predicted octanol–water partition coefficient (Wildman–Crippen LogP) is 5.35. The Morgan fingerprint density at radius 2 is 1.71 bits per heavy atom. The lowest BCUT2D eigenvalue weighted by Gasteiger charge is -2.18. The number of nitrogens with one attached hydrogen (secondary N) is 1. The maximum atomic E-state index is 10.2. The number of aromatic nitrogens is 1. The van der Waals surface area contributed by atoms with E-state index in [9.17, 15) is 5.11 Å². The van der Waals surface area contributed by atoms with Gasteiger partial charge in [0.2, 0.25) is 0 Å². The van der Waals surface area contributed by atoms with Crippen LogP contribution in [0.2, 0.25) is 0 Å². The number of nitrogens with zero attached hydrogens (tertiary/aromatic N) is 1. The third-order valence-electron chi connectivity index (χ3n) is 4.53. The highest BCUT2D eigenvalue weighted by molar-refractivity contribution is 6.03. The summed E-state index contributed by atoms with van der Waals surface area (Å²) in [6.45, 7) is 9.15. The minimum Gasteiger partial charge on any atom is -0.508 e. The quantitative estimate of drug-likeness (QED) is 0.680. The number of hydrogen-bond acceptors (Lipinski definition) is 3. The van der Waals surface area contributed by atoms with Crippen LogP contribution >= 0.6 is 0 Å². The van der Waals surface area contributed by atoms with Gasteiger partial charge in [-0.15, -0.1) is 0 Å². The van der Waals surface area contributed by atoms with Crippen LogP contribution in [0.25, 0.3) is 22.0 Å². The van der Waals surface area contributed by atoms with Crippen molar-refractivity contribution in [3.8, 4) is 17.0 Å². The second-order valence-corrected chi connectivity index (χ2v) is 6.29. The molecule has 0 unspecified atom stereocenters. The van der Waals surface area contributed by atoms with E-state index in [-0.39, 0.29) is 0 Å². The Labute approximate surface area is 143 Å². The van der Waals surface area contributed by atoms with E-state index < -0.39 is 0 Å². The number of pyridine rings is 1. The fourth-order valence-corrected chi connectivity index (χ4v) is 3.25. The van der Waals surface area contributed by atoms with Crippen molar-refractivity contribution in [2.75, 3.05) is 11.9 Å². The molecule has 124 valence electrons. The van der Waals surface area contributed by atoms with Crippen molar-refractivity contribution in [2.45, 2.75) is 34.1 Å². The molecule has 3 aromatic rings. The fourth-order valence-electron chi connectivity index (χ4n) is 3.25. The third kappa shape index (κ3) is 2.71. The molecule has 0 aliphatic carbocycles. The molecule has 0 amide bonds. The zero-order valence-corrected chi connectivity index (χ0v) is 14.8. The number of hydrogen-bond donors (Lipinski definition) is 2. The highest BCUT2D eigenvalue weighted by Gasteiger charge is 2.17. The molecule has 0 saturated carbocycles. The standard InChI is InChI=1S/C21H24N2O/c1-5-12-22-20-15(4)23-21(17-9-7-6-8-16(17)20)19-13(2)10-11-18(24)14(19)3/h6-11,22,24H,5,12H2,1-4H3. The zero-order valence-electron chi connectivity index (χ0n) is 14.8. The smallest absolute Gasteiger partial charge is 0.119 e. The van der Waals surface area contributed by atoms with E-state index in [0.29, 0.717) is 5.75 Å². The van der Waals surface area contributed by atoms with Crippen molar-refractivity contribution in [2.24, 2.45) is 0 Å². The Balaban J connectivity index is 2.34. The monoisotopic (exact) mass is 320 g/mol. The number of fused-ring (bicyclic) bond motifs is 1. The lowest BCUT2D eigenvalue weighted by Crippen LogP contribution is -2.05. The van der Waals surface area contributed by atoms with Gasteiger partial charge in [0.25, 0.3) is 0 Å². The molecule has 2 N–H and O–H groups in total. The maximum Gasteiger partial charge on any atom is 0.119 e. The summed E-state index contributed by atoms with van der Waals surface area (Å²) in [6.07, 6.45) is 1.07. The van der Waals surface area contributed by atoms with Gasteiger partial charge in [0.05, 0.1) is 17.1 Å². The van der Waals surface area contributed by atoms with Gasteiger partial charge in [-0.2, -0.15) is 0 Å². The number of phenols is 1. The molecule has 3 heteroatoms. The average Bonchev–Trinajstić information content (AvgIpc) is 2.58. The number of phenolic OH excluding ortho intramolecular Hbond substituents is 1. The molecule has 3 nitrogen and oxygen atoms in total. The molecule has 0 aliphatic heterocycles. The van der Waals surface area contributed by atoms with E-state index in [0.717, 1.165) is 52.1 Å². The molecular weight excluding hydrogens is 296 g/mol. The number of benzene rings is 2. The average molecular weight is 320 g/mol. The highest BCUT2D eigenvalue weighted by atomic mass is 16.3. The molecule has 0 saturated heterocycles. The van der Waals surface area contributed by atoms with Crippen LogP contribution < -0.4 is 5.32 Å². The van der Waals surface area contributed by atoms with Gasteiger partial charge < -0.3 is 10.4 Å². The third-order valence-corrected chi connectivity index (χ3v) is 4.53. The SMILES string of the molecule is CCCNc1c(C)nc(-c2c(C)ccc(O)c2C)c2ccccc12. The van der Waals surface area contributed by atoms with Crippen LogP contribution in [0.5, 0.6) is 5.75 Å². The van der Waals surface area contributed by atoms with E-state index in [4.69, 9.17) is 4.98 Å². The Hall–Kier alpha value is -2.55. The number of aromatic hydroxyl groups is 1. The normalized spacial score (nSPS) is 11.0. The minimum absolute atomic E-state index is 0.312. The molecule has 1 aromatic heterocycles. The summed E-state index contributed by atoms with van der Waals surface area (Å²) in [6, 6.07) is 12.0. The van der Waals surface area contributed by atoms with Crippen LogP contribution in [0.1, 0.15) is 30.2 Å². The van der Waals surface area contributed by atoms with Crippen molar-refractivity contribution >= 4 is 16.5 Å². The summed E-state index contributed by atoms with van der Waals surface area (Å²) >= 11 is 0.